The molecular weight excluding hydrogens is 464 g/mol. The van der Waals surface area contributed by atoms with Crippen molar-refractivity contribution < 1.29 is 31.1 Å². The highest BCUT2D eigenvalue weighted by Gasteiger charge is 2.40. The number of hydrogen-bond acceptors (Lipinski definition) is 5. The SMILES string of the molecule is NN(C(=O)C(c1cccnc1)N1CCN2CCC[C@H]2C1)c1cc(C(F)(F)F)cc(C(F)(F)F)c1. The highest BCUT2D eigenvalue weighted by Crippen LogP contribution is 2.39. The Hall–Kier alpha value is -2.70. The summed E-state index contributed by atoms with van der Waals surface area (Å²) in [6.45, 7) is 2.67. The molecule has 1 aromatic carbocycles. The summed E-state index contributed by atoms with van der Waals surface area (Å²) in [6, 6.07) is 3.35. The number of carbonyl (C=O) groups is 1. The van der Waals surface area contributed by atoms with E-state index in [9.17, 15) is 31.1 Å². The Kier molecular flexibility index (Phi) is 6.58. The number of hydrogen-bond donors (Lipinski definition) is 1. The first-order valence-electron chi connectivity index (χ1n) is 10.7. The van der Waals surface area contributed by atoms with Crippen molar-refractivity contribution in [3.63, 3.8) is 0 Å². The second kappa shape index (κ2) is 9.16. The lowest BCUT2D eigenvalue weighted by atomic mass is 10.0. The standard InChI is InChI=1S/C22H23F6N5O/c23-21(24,25)15-9-16(22(26,27)28)11-18(10-15)33(29)20(34)19(14-3-1-5-30-12-14)32-8-7-31-6-2-4-17(31)13-32/h1,3,5,9-12,17,19H,2,4,6-8,13,29H2/t17-,19?/m0/s1. The lowest BCUT2D eigenvalue weighted by Crippen LogP contribution is -2.55. The first-order chi connectivity index (χ1) is 15.9. The van der Waals surface area contributed by atoms with Gasteiger partial charge >= 0.3 is 12.4 Å². The van der Waals surface area contributed by atoms with Crippen molar-refractivity contribution in [3.8, 4) is 0 Å². The van der Waals surface area contributed by atoms with Crippen molar-refractivity contribution in [2.45, 2.75) is 37.3 Å². The summed E-state index contributed by atoms with van der Waals surface area (Å²) in [5, 5.41) is 0.378. The number of benzene rings is 1. The van der Waals surface area contributed by atoms with Gasteiger partial charge in [-0.15, -0.1) is 0 Å². The Morgan fingerprint density at radius 3 is 2.32 bits per heavy atom. The zero-order valence-corrected chi connectivity index (χ0v) is 18.0. The minimum atomic E-state index is -5.05. The van der Waals surface area contributed by atoms with Crippen molar-refractivity contribution in [2.75, 3.05) is 31.2 Å². The Labute approximate surface area is 191 Å². The second-order valence-corrected chi connectivity index (χ2v) is 8.49. The Morgan fingerprint density at radius 2 is 1.74 bits per heavy atom. The molecule has 6 nitrogen and oxygen atoms in total. The first kappa shape index (κ1) is 24.4. The van der Waals surface area contributed by atoms with Crippen LogP contribution in [0, 0.1) is 0 Å². The molecule has 2 fully saturated rings. The Bertz CT molecular complexity index is 996. The van der Waals surface area contributed by atoms with Crippen molar-refractivity contribution in [3.05, 3.63) is 59.4 Å². The zero-order chi connectivity index (χ0) is 24.7. The molecule has 0 saturated carbocycles. The number of piperazine rings is 1. The van der Waals surface area contributed by atoms with Gasteiger partial charge in [0.25, 0.3) is 5.91 Å². The molecular formula is C22H23F6N5O. The van der Waals surface area contributed by atoms with Crippen LogP contribution in [0.2, 0.25) is 0 Å². The molecule has 2 aromatic rings. The summed E-state index contributed by atoms with van der Waals surface area (Å²) in [5.74, 6) is 5.07. The molecule has 0 aliphatic carbocycles. The van der Waals surface area contributed by atoms with Gasteiger partial charge in [0.05, 0.1) is 16.8 Å². The maximum absolute atomic E-state index is 13.5. The number of alkyl halides is 6. The van der Waals surface area contributed by atoms with Crippen LogP contribution in [0.1, 0.15) is 35.6 Å². The fraction of sp³-hybridized carbons (Fsp3) is 0.455. The molecule has 0 bridgehead atoms. The topological polar surface area (TPSA) is 65.7 Å². The maximum atomic E-state index is 13.5. The van der Waals surface area contributed by atoms with Gasteiger partial charge in [-0.05, 0) is 49.2 Å². The summed E-state index contributed by atoms with van der Waals surface area (Å²) >= 11 is 0. The lowest BCUT2D eigenvalue weighted by Gasteiger charge is -2.41. The van der Waals surface area contributed by atoms with E-state index in [4.69, 9.17) is 5.84 Å². The fourth-order valence-corrected chi connectivity index (χ4v) is 4.63. The molecule has 34 heavy (non-hydrogen) atoms. The monoisotopic (exact) mass is 487 g/mol. The largest absolute Gasteiger partial charge is 0.416 e. The summed E-state index contributed by atoms with van der Waals surface area (Å²) in [7, 11) is 0. The van der Waals surface area contributed by atoms with Crippen molar-refractivity contribution in [2.24, 2.45) is 5.84 Å². The van der Waals surface area contributed by atoms with Crippen LogP contribution < -0.4 is 10.9 Å². The van der Waals surface area contributed by atoms with E-state index in [1.54, 1.807) is 12.1 Å². The molecule has 2 aliphatic rings. The number of hydrazine groups is 1. The second-order valence-electron chi connectivity index (χ2n) is 8.49. The summed E-state index contributed by atoms with van der Waals surface area (Å²) in [6.07, 6.45) is -5.19. The van der Waals surface area contributed by atoms with Crippen molar-refractivity contribution >= 4 is 11.6 Å². The van der Waals surface area contributed by atoms with E-state index in [2.05, 4.69) is 9.88 Å². The van der Waals surface area contributed by atoms with Crippen molar-refractivity contribution in [1.29, 1.82) is 0 Å². The van der Waals surface area contributed by atoms with Gasteiger partial charge in [0.1, 0.15) is 6.04 Å². The van der Waals surface area contributed by atoms with Gasteiger partial charge in [-0.3, -0.25) is 19.6 Å². The number of nitrogens with zero attached hydrogens (tertiary/aromatic N) is 4. The van der Waals surface area contributed by atoms with Crippen molar-refractivity contribution in [1.82, 2.24) is 14.8 Å². The quantitative estimate of drug-likeness (QED) is 0.307. The number of anilines is 1. The summed E-state index contributed by atoms with van der Waals surface area (Å²) in [4.78, 5) is 21.7. The maximum Gasteiger partial charge on any atom is 0.416 e. The van der Waals surface area contributed by atoms with E-state index in [-0.39, 0.29) is 12.1 Å². The smallest absolute Gasteiger partial charge is 0.298 e. The molecule has 184 valence electrons. The molecule has 2 atom stereocenters. The number of aromatic nitrogens is 1. The van der Waals surface area contributed by atoms with Crippen LogP contribution in [0.25, 0.3) is 0 Å². The van der Waals surface area contributed by atoms with E-state index in [0.717, 1.165) is 19.4 Å². The minimum absolute atomic E-state index is 0.000268. The number of nitrogens with two attached hydrogens (primary N) is 1. The molecule has 1 aromatic heterocycles. The van der Waals surface area contributed by atoms with Crippen LogP contribution in [0.15, 0.2) is 42.7 Å². The Balaban J connectivity index is 1.70. The number of halogens is 6. The lowest BCUT2D eigenvalue weighted by molar-refractivity contribution is -0.143. The van der Waals surface area contributed by atoms with Gasteiger partial charge in [-0.1, -0.05) is 6.07 Å². The predicted molar refractivity (Wildman–Crippen MR) is 111 cm³/mol. The van der Waals surface area contributed by atoms with E-state index in [0.29, 0.717) is 42.3 Å². The van der Waals surface area contributed by atoms with Crippen LogP contribution in [0.4, 0.5) is 32.0 Å². The number of fused-ring (bicyclic) bond motifs is 1. The predicted octanol–water partition coefficient (Wildman–Crippen LogP) is 3.85. The Morgan fingerprint density at radius 1 is 1.06 bits per heavy atom. The van der Waals surface area contributed by atoms with Gasteiger partial charge in [0.2, 0.25) is 0 Å². The van der Waals surface area contributed by atoms with E-state index in [1.165, 1.54) is 12.4 Å². The van der Waals surface area contributed by atoms with Gasteiger partial charge in [-0.25, -0.2) is 10.9 Å². The number of amides is 1. The van der Waals surface area contributed by atoms with Gasteiger partial charge < -0.3 is 0 Å². The van der Waals surface area contributed by atoms with E-state index in [1.807, 2.05) is 4.90 Å². The third-order valence-electron chi connectivity index (χ3n) is 6.31. The third kappa shape index (κ3) is 5.03. The van der Waals surface area contributed by atoms with Gasteiger partial charge in [0, 0.05) is 38.1 Å². The summed E-state index contributed by atoms with van der Waals surface area (Å²) < 4.78 is 79.8. The molecule has 0 spiro atoms. The fourth-order valence-electron chi connectivity index (χ4n) is 4.63. The molecule has 12 heteroatoms. The van der Waals surface area contributed by atoms with Crippen LogP contribution in [0.5, 0.6) is 0 Å². The van der Waals surface area contributed by atoms with E-state index >= 15 is 0 Å². The van der Waals surface area contributed by atoms with Gasteiger partial charge in [0.15, 0.2) is 0 Å². The molecule has 2 saturated heterocycles. The van der Waals surface area contributed by atoms with Gasteiger partial charge in [-0.2, -0.15) is 26.3 Å². The van der Waals surface area contributed by atoms with Crippen LogP contribution >= 0.6 is 0 Å². The van der Waals surface area contributed by atoms with E-state index < -0.39 is 41.1 Å². The molecule has 1 amide bonds. The molecule has 4 rings (SSSR count). The zero-order valence-electron chi connectivity index (χ0n) is 18.0. The highest BCUT2D eigenvalue weighted by atomic mass is 19.4. The number of pyridine rings is 1. The molecule has 2 N–H and O–H groups in total. The normalized spacial score (nSPS) is 20.7. The molecule has 3 heterocycles. The molecule has 2 aliphatic heterocycles. The van der Waals surface area contributed by atoms with Crippen LogP contribution in [0.3, 0.4) is 0 Å². The van der Waals surface area contributed by atoms with Crippen LogP contribution in [-0.2, 0) is 17.1 Å². The van der Waals surface area contributed by atoms with Crippen LogP contribution in [-0.4, -0.2) is 52.9 Å². The average molecular weight is 487 g/mol. The molecule has 1 unspecified atom stereocenters. The molecule has 0 radical (unpaired) electrons. The number of rotatable bonds is 4. The average Bonchev–Trinajstić information content (AvgIpc) is 3.26. The first-order valence-corrected chi connectivity index (χ1v) is 10.7. The number of carbonyl (C=O) groups excluding carboxylic acids is 1. The summed E-state index contributed by atoms with van der Waals surface area (Å²) in [5.41, 5.74) is -3.32. The third-order valence-corrected chi connectivity index (χ3v) is 6.31. The highest BCUT2D eigenvalue weighted by molar-refractivity contribution is 5.97. The minimum Gasteiger partial charge on any atom is -0.298 e.